The average Bonchev–Trinajstić information content (AvgIpc) is 2.64. The van der Waals surface area contributed by atoms with Gasteiger partial charge in [0.1, 0.15) is 0 Å². The van der Waals surface area contributed by atoms with Crippen LogP contribution in [-0.2, 0) is 12.8 Å². The van der Waals surface area contributed by atoms with Crippen LogP contribution in [0.1, 0.15) is 30.1 Å². The number of nitrogens with zero attached hydrogens (tertiary/aromatic N) is 1. The van der Waals surface area contributed by atoms with Crippen LogP contribution in [0.3, 0.4) is 0 Å². The molecule has 2 rings (SSSR count). The van der Waals surface area contributed by atoms with Crippen LogP contribution in [0.15, 0.2) is 29.6 Å². The Hall–Kier alpha value is -1.35. The summed E-state index contributed by atoms with van der Waals surface area (Å²) in [7, 11) is 0. The van der Waals surface area contributed by atoms with Gasteiger partial charge in [0.05, 0.1) is 10.7 Å². The molecular formula is C14H18N2S. The second-order valence-corrected chi connectivity index (χ2v) is 5.70. The normalized spacial score (nSPS) is 11.0. The molecule has 1 heterocycles. The predicted molar refractivity (Wildman–Crippen MR) is 74.3 cm³/mol. The number of nitrogen functional groups attached to an aromatic ring is 1. The molecule has 0 aliphatic heterocycles. The van der Waals surface area contributed by atoms with E-state index in [2.05, 4.69) is 30.3 Å². The molecule has 0 saturated carbocycles. The first-order valence-corrected chi connectivity index (χ1v) is 6.79. The Morgan fingerprint density at radius 1 is 1.35 bits per heavy atom. The lowest BCUT2D eigenvalue weighted by Crippen LogP contribution is -1.95. The van der Waals surface area contributed by atoms with Crippen LogP contribution < -0.4 is 5.73 Å². The number of thiazole rings is 1. The summed E-state index contributed by atoms with van der Waals surface area (Å²) in [5.41, 5.74) is 9.03. The van der Waals surface area contributed by atoms with Gasteiger partial charge in [-0.1, -0.05) is 26.0 Å². The zero-order valence-electron chi connectivity index (χ0n) is 10.3. The summed E-state index contributed by atoms with van der Waals surface area (Å²) >= 11 is 1.74. The van der Waals surface area contributed by atoms with Gasteiger partial charge in [-0.05, 0) is 30.0 Å². The highest BCUT2D eigenvalue weighted by atomic mass is 32.1. The minimum atomic E-state index is 0.664. The second kappa shape index (κ2) is 5.32. The van der Waals surface area contributed by atoms with Gasteiger partial charge in [-0.15, -0.1) is 11.3 Å². The molecule has 0 radical (unpaired) electrons. The number of hydrogen-bond donors (Lipinski definition) is 1. The van der Waals surface area contributed by atoms with Crippen molar-refractivity contribution in [3.8, 4) is 0 Å². The molecule has 0 atom stereocenters. The SMILES string of the molecule is CC(C)Cc1csc(Cc2cccc(N)c2)n1. The molecule has 0 unspecified atom stereocenters. The summed E-state index contributed by atoms with van der Waals surface area (Å²) < 4.78 is 0. The zero-order valence-corrected chi connectivity index (χ0v) is 11.1. The highest BCUT2D eigenvalue weighted by Gasteiger charge is 2.05. The fraction of sp³-hybridized carbons (Fsp3) is 0.357. The first kappa shape index (κ1) is 12.1. The van der Waals surface area contributed by atoms with Crippen molar-refractivity contribution < 1.29 is 0 Å². The third-order valence-corrected chi connectivity index (χ3v) is 3.42. The maximum Gasteiger partial charge on any atom is 0.0972 e. The molecule has 0 bridgehead atoms. The Kier molecular flexibility index (Phi) is 3.79. The van der Waals surface area contributed by atoms with Gasteiger partial charge in [-0.3, -0.25) is 0 Å². The monoisotopic (exact) mass is 246 g/mol. The molecule has 2 N–H and O–H groups in total. The van der Waals surface area contributed by atoms with Crippen molar-refractivity contribution in [1.29, 1.82) is 0 Å². The molecule has 90 valence electrons. The van der Waals surface area contributed by atoms with Crippen molar-refractivity contribution in [2.45, 2.75) is 26.7 Å². The van der Waals surface area contributed by atoms with E-state index in [4.69, 9.17) is 5.73 Å². The van der Waals surface area contributed by atoms with Crippen LogP contribution in [0.2, 0.25) is 0 Å². The van der Waals surface area contributed by atoms with Gasteiger partial charge in [0.25, 0.3) is 0 Å². The number of benzene rings is 1. The molecule has 3 heteroatoms. The van der Waals surface area contributed by atoms with Gasteiger partial charge >= 0.3 is 0 Å². The van der Waals surface area contributed by atoms with Gasteiger partial charge in [0.2, 0.25) is 0 Å². The Bertz CT molecular complexity index is 488. The maximum atomic E-state index is 5.77. The average molecular weight is 246 g/mol. The van der Waals surface area contributed by atoms with Gasteiger partial charge in [0.15, 0.2) is 0 Å². The van der Waals surface area contributed by atoms with E-state index in [1.54, 1.807) is 11.3 Å². The standard InChI is InChI=1S/C14H18N2S/c1-10(2)6-13-9-17-14(16-13)8-11-4-3-5-12(15)7-11/h3-5,7,9-10H,6,8,15H2,1-2H3. The van der Waals surface area contributed by atoms with E-state index in [-0.39, 0.29) is 0 Å². The van der Waals surface area contributed by atoms with E-state index in [0.29, 0.717) is 5.92 Å². The minimum absolute atomic E-state index is 0.664. The predicted octanol–water partition coefficient (Wildman–Crippen LogP) is 3.51. The summed E-state index contributed by atoms with van der Waals surface area (Å²) in [5, 5.41) is 3.34. The molecule has 1 aromatic heterocycles. The summed E-state index contributed by atoms with van der Waals surface area (Å²) in [6.45, 7) is 4.44. The smallest absolute Gasteiger partial charge is 0.0972 e. The van der Waals surface area contributed by atoms with Crippen molar-refractivity contribution in [3.05, 3.63) is 45.9 Å². The van der Waals surface area contributed by atoms with Gasteiger partial charge in [0, 0.05) is 17.5 Å². The quantitative estimate of drug-likeness (QED) is 0.838. The number of rotatable bonds is 4. The lowest BCUT2D eigenvalue weighted by atomic mass is 10.1. The summed E-state index contributed by atoms with van der Waals surface area (Å²) in [6, 6.07) is 8.02. The van der Waals surface area contributed by atoms with Crippen LogP contribution in [0.5, 0.6) is 0 Å². The van der Waals surface area contributed by atoms with Crippen LogP contribution in [0.4, 0.5) is 5.69 Å². The van der Waals surface area contributed by atoms with Gasteiger partial charge < -0.3 is 5.73 Å². The molecule has 2 aromatic rings. The van der Waals surface area contributed by atoms with Crippen molar-refractivity contribution in [2.75, 3.05) is 5.73 Å². The van der Waals surface area contributed by atoms with Crippen LogP contribution in [-0.4, -0.2) is 4.98 Å². The number of anilines is 1. The van der Waals surface area contributed by atoms with Crippen molar-refractivity contribution in [1.82, 2.24) is 4.98 Å². The van der Waals surface area contributed by atoms with Crippen molar-refractivity contribution >= 4 is 17.0 Å². The van der Waals surface area contributed by atoms with Gasteiger partial charge in [-0.2, -0.15) is 0 Å². The van der Waals surface area contributed by atoms with E-state index in [1.807, 2.05) is 18.2 Å². The molecule has 0 amide bonds. The van der Waals surface area contributed by atoms with Crippen LogP contribution in [0.25, 0.3) is 0 Å². The molecule has 0 spiro atoms. The molecule has 0 saturated heterocycles. The van der Waals surface area contributed by atoms with Crippen molar-refractivity contribution in [3.63, 3.8) is 0 Å². The van der Waals surface area contributed by atoms with E-state index in [0.717, 1.165) is 18.5 Å². The third kappa shape index (κ3) is 3.56. The Morgan fingerprint density at radius 3 is 2.88 bits per heavy atom. The lowest BCUT2D eigenvalue weighted by molar-refractivity contribution is 0.637. The Balaban J connectivity index is 2.06. The van der Waals surface area contributed by atoms with E-state index in [9.17, 15) is 0 Å². The largest absolute Gasteiger partial charge is 0.399 e. The first-order chi connectivity index (χ1) is 8.13. The Labute approximate surface area is 107 Å². The molecule has 1 aromatic carbocycles. The molecule has 17 heavy (non-hydrogen) atoms. The molecule has 0 aliphatic carbocycles. The third-order valence-electron chi connectivity index (χ3n) is 2.52. The van der Waals surface area contributed by atoms with Gasteiger partial charge in [-0.25, -0.2) is 4.98 Å². The molecule has 0 aliphatic rings. The van der Waals surface area contributed by atoms with Crippen molar-refractivity contribution in [2.24, 2.45) is 5.92 Å². The van der Waals surface area contributed by atoms with E-state index >= 15 is 0 Å². The number of nitrogens with two attached hydrogens (primary N) is 1. The van der Waals surface area contributed by atoms with E-state index < -0.39 is 0 Å². The second-order valence-electron chi connectivity index (χ2n) is 4.75. The van der Waals surface area contributed by atoms with Crippen LogP contribution in [0, 0.1) is 5.92 Å². The summed E-state index contributed by atoms with van der Waals surface area (Å²) in [5.74, 6) is 0.664. The molecular weight excluding hydrogens is 228 g/mol. The fourth-order valence-electron chi connectivity index (χ4n) is 1.82. The molecule has 2 nitrogen and oxygen atoms in total. The van der Waals surface area contributed by atoms with Crippen LogP contribution >= 0.6 is 11.3 Å². The summed E-state index contributed by atoms with van der Waals surface area (Å²) in [6.07, 6.45) is 1.95. The fourth-order valence-corrected chi connectivity index (χ4v) is 2.66. The topological polar surface area (TPSA) is 38.9 Å². The Morgan fingerprint density at radius 2 is 2.18 bits per heavy atom. The summed E-state index contributed by atoms with van der Waals surface area (Å²) in [4.78, 5) is 4.65. The maximum absolute atomic E-state index is 5.77. The molecule has 0 fully saturated rings. The highest BCUT2D eigenvalue weighted by molar-refractivity contribution is 7.09. The minimum Gasteiger partial charge on any atom is -0.399 e. The lowest BCUT2D eigenvalue weighted by Gasteiger charge is -2.00. The highest BCUT2D eigenvalue weighted by Crippen LogP contribution is 2.18. The number of hydrogen-bond acceptors (Lipinski definition) is 3. The van der Waals surface area contributed by atoms with E-state index in [1.165, 1.54) is 16.3 Å². The first-order valence-electron chi connectivity index (χ1n) is 5.91. The number of aromatic nitrogens is 1. The zero-order chi connectivity index (χ0) is 12.3.